The zero-order valence-corrected chi connectivity index (χ0v) is 9.61. The molecular formula is C14H14FNO. The zero-order valence-electron chi connectivity index (χ0n) is 9.61. The molecule has 0 saturated carbocycles. The molecule has 0 amide bonds. The molecule has 2 aromatic carbocycles. The number of nitrogens with two attached hydrogens (primary N) is 1. The molecule has 0 aliphatic heterocycles. The third kappa shape index (κ3) is 2.63. The number of halogens is 1. The van der Waals surface area contributed by atoms with Gasteiger partial charge in [-0.2, -0.15) is 0 Å². The highest BCUT2D eigenvalue weighted by Crippen LogP contribution is 2.25. The predicted molar refractivity (Wildman–Crippen MR) is 66.3 cm³/mol. The van der Waals surface area contributed by atoms with E-state index in [1.54, 1.807) is 6.07 Å². The molecule has 0 aliphatic carbocycles. The van der Waals surface area contributed by atoms with Crippen LogP contribution in [0.1, 0.15) is 5.56 Å². The Morgan fingerprint density at radius 2 is 1.76 bits per heavy atom. The lowest BCUT2D eigenvalue weighted by Crippen LogP contribution is -1.95. The standard InChI is InChI=1S/C14H14FNO/c1-17-14-7-12(6-13(15)8-14)11-4-2-10(9-16)3-5-11/h2-8H,9,16H2,1H3. The smallest absolute Gasteiger partial charge is 0.127 e. The average Bonchev–Trinajstić information content (AvgIpc) is 2.38. The first-order valence-electron chi connectivity index (χ1n) is 5.37. The highest BCUT2D eigenvalue weighted by molar-refractivity contribution is 5.65. The molecule has 0 aromatic heterocycles. The molecule has 0 aliphatic rings. The van der Waals surface area contributed by atoms with Crippen molar-refractivity contribution in [1.29, 1.82) is 0 Å². The molecule has 0 spiro atoms. The molecular weight excluding hydrogens is 217 g/mol. The third-order valence-corrected chi connectivity index (χ3v) is 2.63. The quantitative estimate of drug-likeness (QED) is 0.881. The van der Waals surface area contributed by atoms with Crippen LogP contribution in [0.4, 0.5) is 4.39 Å². The van der Waals surface area contributed by atoms with Gasteiger partial charge in [-0.1, -0.05) is 24.3 Å². The van der Waals surface area contributed by atoms with Crippen LogP contribution in [-0.4, -0.2) is 7.11 Å². The topological polar surface area (TPSA) is 35.2 Å². The van der Waals surface area contributed by atoms with Gasteiger partial charge in [-0.05, 0) is 28.8 Å². The molecule has 0 bridgehead atoms. The van der Waals surface area contributed by atoms with Crippen LogP contribution < -0.4 is 10.5 Å². The van der Waals surface area contributed by atoms with E-state index in [1.807, 2.05) is 24.3 Å². The molecule has 3 heteroatoms. The second-order valence-electron chi connectivity index (χ2n) is 3.78. The fourth-order valence-corrected chi connectivity index (χ4v) is 1.68. The minimum Gasteiger partial charge on any atom is -0.497 e. The van der Waals surface area contributed by atoms with Crippen molar-refractivity contribution in [2.24, 2.45) is 5.73 Å². The van der Waals surface area contributed by atoms with E-state index in [1.165, 1.54) is 19.2 Å². The van der Waals surface area contributed by atoms with E-state index >= 15 is 0 Å². The molecule has 0 saturated heterocycles. The fourth-order valence-electron chi connectivity index (χ4n) is 1.68. The Kier molecular flexibility index (Phi) is 3.40. The molecule has 0 unspecified atom stereocenters. The molecule has 0 fully saturated rings. The van der Waals surface area contributed by atoms with Crippen molar-refractivity contribution < 1.29 is 9.13 Å². The van der Waals surface area contributed by atoms with Gasteiger partial charge in [0.15, 0.2) is 0 Å². The van der Waals surface area contributed by atoms with Crippen LogP contribution in [0.5, 0.6) is 5.75 Å². The molecule has 2 nitrogen and oxygen atoms in total. The Labute approximate surface area is 99.8 Å². The van der Waals surface area contributed by atoms with E-state index in [0.717, 1.165) is 16.7 Å². The van der Waals surface area contributed by atoms with E-state index in [9.17, 15) is 4.39 Å². The normalized spacial score (nSPS) is 10.3. The SMILES string of the molecule is COc1cc(F)cc(-c2ccc(CN)cc2)c1. The lowest BCUT2D eigenvalue weighted by atomic mass is 10.0. The Bertz CT molecular complexity index is 508. The highest BCUT2D eigenvalue weighted by Gasteiger charge is 2.03. The Morgan fingerprint density at radius 3 is 2.35 bits per heavy atom. The van der Waals surface area contributed by atoms with Crippen LogP contribution >= 0.6 is 0 Å². The summed E-state index contributed by atoms with van der Waals surface area (Å²) in [5.41, 5.74) is 8.32. The number of hydrogen-bond acceptors (Lipinski definition) is 2. The summed E-state index contributed by atoms with van der Waals surface area (Å²) in [6.07, 6.45) is 0. The monoisotopic (exact) mass is 231 g/mol. The summed E-state index contributed by atoms with van der Waals surface area (Å²) >= 11 is 0. The summed E-state index contributed by atoms with van der Waals surface area (Å²) < 4.78 is 18.4. The molecule has 17 heavy (non-hydrogen) atoms. The van der Waals surface area contributed by atoms with Gasteiger partial charge in [-0.3, -0.25) is 0 Å². The van der Waals surface area contributed by atoms with Crippen LogP contribution in [0.2, 0.25) is 0 Å². The summed E-state index contributed by atoms with van der Waals surface area (Å²) in [6.45, 7) is 0.507. The first kappa shape index (κ1) is 11.6. The van der Waals surface area contributed by atoms with Crippen molar-refractivity contribution in [3.05, 3.63) is 53.8 Å². The maximum atomic E-state index is 13.3. The Balaban J connectivity index is 2.41. The van der Waals surface area contributed by atoms with E-state index in [4.69, 9.17) is 10.5 Å². The van der Waals surface area contributed by atoms with Gasteiger partial charge < -0.3 is 10.5 Å². The minimum atomic E-state index is -0.303. The fraction of sp³-hybridized carbons (Fsp3) is 0.143. The average molecular weight is 231 g/mol. The van der Waals surface area contributed by atoms with Gasteiger partial charge in [0.1, 0.15) is 11.6 Å². The molecule has 88 valence electrons. The van der Waals surface area contributed by atoms with Crippen LogP contribution in [0.3, 0.4) is 0 Å². The van der Waals surface area contributed by atoms with E-state index in [0.29, 0.717) is 12.3 Å². The van der Waals surface area contributed by atoms with Gasteiger partial charge in [0.25, 0.3) is 0 Å². The number of benzene rings is 2. The first-order chi connectivity index (χ1) is 8.22. The van der Waals surface area contributed by atoms with Crippen LogP contribution in [0, 0.1) is 5.82 Å². The van der Waals surface area contributed by atoms with Crippen LogP contribution in [0.15, 0.2) is 42.5 Å². The summed E-state index contributed by atoms with van der Waals surface area (Å²) in [7, 11) is 1.52. The van der Waals surface area contributed by atoms with Crippen molar-refractivity contribution in [2.75, 3.05) is 7.11 Å². The molecule has 0 atom stereocenters. The predicted octanol–water partition coefficient (Wildman–Crippen LogP) is 2.96. The van der Waals surface area contributed by atoms with Crippen LogP contribution in [-0.2, 0) is 6.54 Å². The van der Waals surface area contributed by atoms with E-state index < -0.39 is 0 Å². The minimum absolute atomic E-state index is 0.303. The van der Waals surface area contributed by atoms with Crippen molar-refractivity contribution >= 4 is 0 Å². The zero-order chi connectivity index (χ0) is 12.3. The highest BCUT2D eigenvalue weighted by atomic mass is 19.1. The Morgan fingerprint density at radius 1 is 1.06 bits per heavy atom. The van der Waals surface area contributed by atoms with Crippen molar-refractivity contribution in [3.8, 4) is 16.9 Å². The first-order valence-corrected chi connectivity index (χ1v) is 5.37. The van der Waals surface area contributed by atoms with Crippen LogP contribution in [0.25, 0.3) is 11.1 Å². The maximum absolute atomic E-state index is 13.3. The second kappa shape index (κ2) is 4.97. The Hall–Kier alpha value is -1.87. The van der Waals surface area contributed by atoms with Gasteiger partial charge >= 0.3 is 0 Å². The van der Waals surface area contributed by atoms with Crippen molar-refractivity contribution in [2.45, 2.75) is 6.54 Å². The molecule has 2 rings (SSSR count). The summed E-state index contributed by atoms with van der Waals surface area (Å²) in [6, 6.07) is 12.4. The third-order valence-electron chi connectivity index (χ3n) is 2.63. The van der Waals surface area contributed by atoms with Crippen molar-refractivity contribution in [1.82, 2.24) is 0 Å². The number of rotatable bonds is 3. The molecule has 0 heterocycles. The molecule has 2 aromatic rings. The molecule has 0 radical (unpaired) electrons. The van der Waals surface area contributed by atoms with Gasteiger partial charge in [0.05, 0.1) is 7.11 Å². The largest absolute Gasteiger partial charge is 0.497 e. The van der Waals surface area contributed by atoms with Gasteiger partial charge in [0, 0.05) is 12.6 Å². The summed E-state index contributed by atoms with van der Waals surface area (Å²) in [4.78, 5) is 0. The number of hydrogen-bond donors (Lipinski definition) is 1. The maximum Gasteiger partial charge on any atom is 0.127 e. The van der Waals surface area contributed by atoms with Crippen molar-refractivity contribution in [3.63, 3.8) is 0 Å². The lowest BCUT2D eigenvalue weighted by Gasteiger charge is -2.06. The lowest BCUT2D eigenvalue weighted by molar-refractivity contribution is 0.411. The van der Waals surface area contributed by atoms with Gasteiger partial charge in [0.2, 0.25) is 0 Å². The summed E-state index contributed by atoms with van der Waals surface area (Å²) in [5, 5.41) is 0. The second-order valence-corrected chi connectivity index (χ2v) is 3.78. The number of ether oxygens (including phenoxy) is 1. The van der Waals surface area contributed by atoms with E-state index in [-0.39, 0.29) is 5.82 Å². The molecule has 2 N–H and O–H groups in total. The number of methoxy groups -OCH3 is 1. The van der Waals surface area contributed by atoms with Gasteiger partial charge in [-0.15, -0.1) is 0 Å². The summed E-state index contributed by atoms with van der Waals surface area (Å²) in [5.74, 6) is 0.213. The van der Waals surface area contributed by atoms with E-state index in [2.05, 4.69) is 0 Å². The van der Waals surface area contributed by atoms with Gasteiger partial charge in [-0.25, -0.2) is 4.39 Å².